The Kier molecular flexibility index (Phi) is 9.68. The minimum absolute atomic E-state index is 0.287. The molecule has 0 unspecified atom stereocenters. The van der Waals surface area contributed by atoms with Gasteiger partial charge in [0.05, 0.1) is 11.9 Å². The van der Waals surface area contributed by atoms with Crippen LogP contribution in [0.3, 0.4) is 0 Å². The fourth-order valence-electron chi connectivity index (χ4n) is 3.09. The molecule has 3 aromatic carbocycles. The number of benzene rings is 3. The second-order valence-corrected chi connectivity index (χ2v) is 10.9. The van der Waals surface area contributed by atoms with Gasteiger partial charge < -0.3 is 10.1 Å². The van der Waals surface area contributed by atoms with Gasteiger partial charge >= 0.3 is 0 Å². The van der Waals surface area contributed by atoms with Gasteiger partial charge in [0, 0.05) is 17.3 Å². The number of carbonyl (C=O) groups excluding carboxylic acids is 1. The van der Waals surface area contributed by atoms with Crippen molar-refractivity contribution in [2.45, 2.75) is 12.2 Å². The monoisotopic (exact) mass is 518 g/mol. The van der Waals surface area contributed by atoms with Gasteiger partial charge in [0.25, 0.3) is 0 Å². The van der Waals surface area contributed by atoms with Crippen LogP contribution in [0.2, 0.25) is 5.02 Å². The predicted molar refractivity (Wildman–Crippen MR) is 140 cm³/mol. The molecule has 0 atom stereocenters. The quantitative estimate of drug-likeness (QED) is 0.328. The van der Waals surface area contributed by atoms with Crippen LogP contribution in [0.25, 0.3) is 0 Å². The summed E-state index contributed by atoms with van der Waals surface area (Å²) in [6, 6.07) is 23.6. The Balaban J connectivity index is 1.47. The minimum atomic E-state index is -3.64. The van der Waals surface area contributed by atoms with Crippen LogP contribution in [-0.4, -0.2) is 39.4 Å². The number of hydrogen-bond acceptors (Lipinski definition) is 5. The first-order chi connectivity index (χ1) is 16.3. The highest BCUT2D eigenvalue weighted by atomic mass is 35.5. The smallest absolute Gasteiger partial charge is 0.240 e. The molecule has 1 N–H and O–H groups in total. The van der Waals surface area contributed by atoms with Crippen LogP contribution in [0, 0.1) is 0 Å². The molecule has 3 aromatic rings. The zero-order chi connectivity index (χ0) is 24.4. The second-order valence-electron chi connectivity index (χ2n) is 7.53. The predicted octanol–water partition coefficient (Wildman–Crippen LogP) is 5.34. The number of nitrogens with one attached hydrogen (secondary N) is 1. The van der Waals surface area contributed by atoms with Crippen LogP contribution in [0.5, 0.6) is 11.5 Å². The molecule has 0 saturated carbocycles. The van der Waals surface area contributed by atoms with E-state index >= 15 is 0 Å². The summed E-state index contributed by atoms with van der Waals surface area (Å²) in [4.78, 5) is 12.4. The van der Waals surface area contributed by atoms with Gasteiger partial charge in [-0.2, -0.15) is 11.8 Å². The van der Waals surface area contributed by atoms with E-state index in [0.29, 0.717) is 23.7 Å². The van der Waals surface area contributed by atoms with E-state index in [0.717, 1.165) is 39.1 Å². The van der Waals surface area contributed by atoms with Crippen LogP contribution >= 0.6 is 23.4 Å². The van der Waals surface area contributed by atoms with Gasteiger partial charge in [0.15, 0.2) is 0 Å². The Morgan fingerprint density at radius 2 is 1.62 bits per heavy atom. The van der Waals surface area contributed by atoms with Crippen molar-refractivity contribution in [3.05, 3.63) is 89.4 Å². The SMILES string of the molecule is CS(=O)(=O)N(CC(=O)NCCCSCc1ccccc1Cl)c1ccc(Oc2ccccc2)cc1. The fourth-order valence-corrected chi connectivity index (χ4v) is 5.19. The minimum Gasteiger partial charge on any atom is -0.457 e. The third-order valence-corrected chi connectivity index (χ3v) is 7.40. The summed E-state index contributed by atoms with van der Waals surface area (Å²) in [7, 11) is -3.64. The van der Waals surface area contributed by atoms with Crippen LogP contribution in [0.4, 0.5) is 5.69 Å². The molecular formula is C25H27ClN2O4S2. The Morgan fingerprint density at radius 3 is 2.29 bits per heavy atom. The highest BCUT2D eigenvalue weighted by Gasteiger charge is 2.20. The molecule has 3 rings (SSSR count). The molecule has 0 heterocycles. The third-order valence-electron chi connectivity index (χ3n) is 4.79. The van der Waals surface area contributed by atoms with Gasteiger partial charge in [-0.25, -0.2) is 8.42 Å². The summed E-state index contributed by atoms with van der Waals surface area (Å²) >= 11 is 7.89. The molecule has 0 fully saturated rings. The zero-order valence-corrected chi connectivity index (χ0v) is 21.2. The number of sulfonamides is 1. The number of halogens is 1. The van der Waals surface area contributed by atoms with Gasteiger partial charge in [0.1, 0.15) is 18.0 Å². The molecule has 0 bridgehead atoms. The number of rotatable bonds is 12. The van der Waals surface area contributed by atoms with Crippen molar-refractivity contribution in [2.75, 3.05) is 29.4 Å². The number of carbonyl (C=O) groups is 1. The first-order valence-electron chi connectivity index (χ1n) is 10.7. The maximum Gasteiger partial charge on any atom is 0.240 e. The molecular weight excluding hydrogens is 492 g/mol. The number of para-hydroxylation sites is 1. The lowest BCUT2D eigenvalue weighted by molar-refractivity contribution is -0.119. The van der Waals surface area contributed by atoms with E-state index in [-0.39, 0.29) is 12.5 Å². The zero-order valence-electron chi connectivity index (χ0n) is 18.8. The molecule has 0 aliphatic carbocycles. The van der Waals surface area contributed by atoms with E-state index in [4.69, 9.17) is 16.3 Å². The molecule has 0 spiro atoms. The molecule has 34 heavy (non-hydrogen) atoms. The highest BCUT2D eigenvalue weighted by Crippen LogP contribution is 2.25. The molecule has 6 nitrogen and oxygen atoms in total. The van der Waals surface area contributed by atoms with Crippen LogP contribution in [-0.2, 0) is 20.6 Å². The van der Waals surface area contributed by atoms with Gasteiger partial charge in [-0.1, -0.05) is 48.0 Å². The Labute approximate surface area is 210 Å². The molecule has 0 saturated heterocycles. The van der Waals surface area contributed by atoms with Crippen molar-refractivity contribution in [1.29, 1.82) is 0 Å². The first-order valence-corrected chi connectivity index (χ1v) is 14.1. The van der Waals surface area contributed by atoms with E-state index in [1.165, 1.54) is 0 Å². The van der Waals surface area contributed by atoms with Gasteiger partial charge in [-0.15, -0.1) is 0 Å². The largest absolute Gasteiger partial charge is 0.457 e. The average Bonchev–Trinajstić information content (AvgIpc) is 2.81. The summed E-state index contributed by atoms with van der Waals surface area (Å²) < 4.78 is 31.5. The summed E-state index contributed by atoms with van der Waals surface area (Å²) in [5.41, 5.74) is 1.48. The van der Waals surface area contributed by atoms with E-state index in [2.05, 4.69) is 5.32 Å². The van der Waals surface area contributed by atoms with Crippen molar-refractivity contribution in [3.63, 3.8) is 0 Å². The summed E-state index contributed by atoms with van der Waals surface area (Å²) in [5, 5.41) is 3.55. The van der Waals surface area contributed by atoms with Crippen molar-refractivity contribution in [3.8, 4) is 11.5 Å². The fraction of sp³-hybridized carbons (Fsp3) is 0.240. The first kappa shape index (κ1) is 25.9. The van der Waals surface area contributed by atoms with Crippen molar-refractivity contribution < 1.29 is 17.9 Å². The van der Waals surface area contributed by atoms with Gasteiger partial charge in [-0.05, 0) is 60.2 Å². The average molecular weight is 519 g/mol. The Morgan fingerprint density at radius 1 is 0.971 bits per heavy atom. The number of anilines is 1. The topological polar surface area (TPSA) is 75.7 Å². The van der Waals surface area contributed by atoms with E-state index in [1.807, 2.05) is 54.6 Å². The molecule has 180 valence electrons. The molecule has 0 aliphatic heterocycles. The number of amides is 1. The van der Waals surface area contributed by atoms with Gasteiger partial charge in [-0.3, -0.25) is 9.10 Å². The van der Waals surface area contributed by atoms with Crippen molar-refractivity contribution in [2.24, 2.45) is 0 Å². The number of thioether (sulfide) groups is 1. The number of ether oxygens (including phenoxy) is 1. The third kappa shape index (κ3) is 8.27. The van der Waals surface area contributed by atoms with E-state index < -0.39 is 10.0 Å². The summed E-state index contributed by atoms with van der Waals surface area (Å²) in [5.74, 6) is 2.55. The number of hydrogen-bond donors (Lipinski definition) is 1. The van der Waals surface area contributed by atoms with Crippen LogP contribution < -0.4 is 14.4 Å². The molecule has 1 amide bonds. The lowest BCUT2D eigenvalue weighted by Crippen LogP contribution is -2.40. The standard InChI is InChI=1S/C25H27ClN2O4S2/c1-34(30,31)28(21-12-14-23(15-13-21)32-22-9-3-2-4-10-22)18-25(29)27-16-7-17-33-19-20-8-5-6-11-24(20)26/h2-6,8-15H,7,16-19H2,1H3,(H,27,29). The van der Waals surface area contributed by atoms with Crippen molar-refractivity contribution >= 4 is 45.0 Å². The maximum atomic E-state index is 12.4. The van der Waals surface area contributed by atoms with Crippen LogP contribution in [0.1, 0.15) is 12.0 Å². The Bertz CT molecular complexity index is 1170. The lowest BCUT2D eigenvalue weighted by atomic mass is 10.2. The molecule has 0 radical (unpaired) electrons. The Hall–Kier alpha value is -2.68. The molecule has 9 heteroatoms. The highest BCUT2D eigenvalue weighted by molar-refractivity contribution is 7.98. The van der Waals surface area contributed by atoms with E-state index in [1.54, 1.807) is 36.0 Å². The summed E-state index contributed by atoms with van der Waals surface area (Å²) in [6.07, 6.45) is 1.85. The van der Waals surface area contributed by atoms with Crippen molar-refractivity contribution in [1.82, 2.24) is 5.32 Å². The normalized spacial score (nSPS) is 11.1. The maximum absolute atomic E-state index is 12.4. The second kappa shape index (κ2) is 12.7. The van der Waals surface area contributed by atoms with Gasteiger partial charge in [0.2, 0.25) is 15.9 Å². The molecule has 0 aromatic heterocycles. The van der Waals surface area contributed by atoms with Crippen LogP contribution in [0.15, 0.2) is 78.9 Å². The molecule has 0 aliphatic rings. The summed E-state index contributed by atoms with van der Waals surface area (Å²) in [6.45, 7) is 0.181. The number of nitrogens with zero attached hydrogens (tertiary/aromatic N) is 1. The van der Waals surface area contributed by atoms with E-state index in [9.17, 15) is 13.2 Å². The lowest BCUT2D eigenvalue weighted by Gasteiger charge is -2.22.